The molecule has 30 heavy (non-hydrogen) atoms. The number of H-pyrrole nitrogens is 1. The van der Waals surface area contributed by atoms with Crippen molar-refractivity contribution in [3.8, 4) is 11.6 Å². The van der Waals surface area contributed by atoms with E-state index in [0.717, 1.165) is 25.7 Å². The topological polar surface area (TPSA) is 140 Å². The Bertz CT molecular complexity index is 1100. The molecule has 10 nitrogen and oxygen atoms in total. The highest BCUT2D eigenvalue weighted by atomic mass is 16.5. The summed E-state index contributed by atoms with van der Waals surface area (Å²) in [5.74, 6) is 1.36. The lowest BCUT2D eigenvalue weighted by atomic mass is 9.96. The molecule has 1 fully saturated rings. The van der Waals surface area contributed by atoms with Crippen LogP contribution in [0, 0.1) is 6.92 Å². The normalized spacial score (nSPS) is 15.3. The maximum Gasteiger partial charge on any atom is 0.255 e. The number of aryl methyl sites for hydroxylation is 2. The number of aromatic nitrogens is 6. The quantitative estimate of drug-likeness (QED) is 0.626. The van der Waals surface area contributed by atoms with Crippen molar-refractivity contribution in [3.05, 3.63) is 51.8 Å². The van der Waals surface area contributed by atoms with Gasteiger partial charge in [-0.25, -0.2) is 15.0 Å². The first kappa shape index (κ1) is 19.9. The fourth-order valence-corrected chi connectivity index (χ4v) is 3.79. The number of hydrogen-bond donors (Lipinski definition) is 2. The van der Waals surface area contributed by atoms with Crippen LogP contribution in [0.1, 0.15) is 55.6 Å². The van der Waals surface area contributed by atoms with Gasteiger partial charge in [-0.3, -0.25) is 9.59 Å². The largest absolute Gasteiger partial charge is 0.343 e. The predicted molar refractivity (Wildman–Crippen MR) is 106 cm³/mol. The second-order valence-corrected chi connectivity index (χ2v) is 7.43. The third-order valence-electron chi connectivity index (χ3n) is 5.37. The first-order chi connectivity index (χ1) is 14.5. The summed E-state index contributed by atoms with van der Waals surface area (Å²) >= 11 is 0. The summed E-state index contributed by atoms with van der Waals surface area (Å²) in [6.45, 7) is 3.63. The van der Waals surface area contributed by atoms with E-state index in [9.17, 15) is 9.59 Å². The van der Waals surface area contributed by atoms with Crippen LogP contribution in [0.4, 0.5) is 0 Å². The highest BCUT2D eigenvalue weighted by Crippen LogP contribution is 2.37. The van der Waals surface area contributed by atoms with Crippen LogP contribution in [0.3, 0.4) is 0 Å². The van der Waals surface area contributed by atoms with E-state index in [4.69, 9.17) is 4.52 Å². The highest BCUT2D eigenvalue weighted by Gasteiger charge is 2.41. The van der Waals surface area contributed by atoms with Gasteiger partial charge < -0.3 is 14.8 Å². The number of aromatic amines is 1. The zero-order chi connectivity index (χ0) is 21.1. The number of nitrogens with one attached hydrogen (secondary N) is 2. The second-order valence-electron chi connectivity index (χ2n) is 7.43. The Balaban J connectivity index is 1.55. The Hall–Kier alpha value is -3.43. The molecule has 3 aromatic rings. The molecule has 0 bridgehead atoms. The number of hydrogen-bond acceptors (Lipinski definition) is 8. The molecule has 2 N–H and O–H groups in total. The molecule has 0 unspecified atom stereocenters. The van der Waals surface area contributed by atoms with Crippen LogP contribution in [0.2, 0.25) is 0 Å². The Morgan fingerprint density at radius 1 is 1.23 bits per heavy atom. The Labute approximate surface area is 172 Å². The van der Waals surface area contributed by atoms with Gasteiger partial charge in [0.15, 0.2) is 17.5 Å². The van der Waals surface area contributed by atoms with Crippen molar-refractivity contribution in [1.82, 2.24) is 35.4 Å². The van der Waals surface area contributed by atoms with Crippen molar-refractivity contribution >= 4 is 5.91 Å². The van der Waals surface area contributed by atoms with E-state index >= 15 is 0 Å². The highest BCUT2D eigenvalue weighted by molar-refractivity contribution is 5.79. The molecule has 156 valence electrons. The van der Waals surface area contributed by atoms with E-state index in [1.165, 1.54) is 0 Å². The zero-order valence-corrected chi connectivity index (χ0v) is 16.9. The average molecular weight is 409 g/mol. The third kappa shape index (κ3) is 3.85. The summed E-state index contributed by atoms with van der Waals surface area (Å²) in [6, 6.07) is 1.68. The molecule has 1 aliphatic carbocycles. The fourth-order valence-electron chi connectivity index (χ4n) is 3.79. The molecule has 3 aromatic heterocycles. The molecule has 10 heteroatoms. The van der Waals surface area contributed by atoms with Crippen LogP contribution in [-0.2, 0) is 23.2 Å². The molecular formula is C20H23N7O3. The molecular weight excluding hydrogens is 386 g/mol. The number of nitrogens with zero attached hydrogens (tertiary/aromatic N) is 5. The summed E-state index contributed by atoms with van der Waals surface area (Å²) in [5.41, 5.74) is -0.263. The Morgan fingerprint density at radius 2 is 1.97 bits per heavy atom. The number of carbonyl (C=O) groups is 1. The minimum atomic E-state index is -0.653. The van der Waals surface area contributed by atoms with Gasteiger partial charge in [0.05, 0.1) is 6.42 Å². The SMILES string of the molecule is CCc1nc(C2(NC(=O)Cc3c(C)nc(-c4ncccn4)[nH]c3=O)CCCC2)no1. The number of rotatable bonds is 6. The molecule has 0 radical (unpaired) electrons. The lowest BCUT2D eigenvalue weighted by Gasteiger charge is -2.26. The zero-order valence-electron chi connectivity index (χ0n) is 16.9. The van der Waals surface area contributed by atoms with Gasteiger partial charge in [0.2, 0.25) is 11.8 Å². The summed E-state index contributed by atoms with van der Waals surface area (Å²) in [7, 11) is 0. The smallest absolute Gasteiger partial charge is 0.255 e. The van der Waals surface area contributed by atoms with Crippen LogP contribution in [0.25, 0.3) is 11.6 Å². The summed E-state index contributed by atoms with van der Waals surface area (Å²) in [4.78, 5) is 45.2. The van der Waals surface area contributed by atoms with Crippen molar-refractivity contribution in [2.75, 3.05) is 0 Å². The fraction of sp³-hybridized carbons (Fsp3) is 0.450. The second kappa shape index (κ2) is 8.13. The lowest BCUT2D eigenvalue weighted by molar-refractivity contribution is -0.122. The molecule has 1 amide bonds. The monoisotopic (exact) mass is 409 g/mol. The van der Waals surface area contributed by atoms with Gasteiger partial charge in [-0.2, -0.15) is 4.98 Å². The molecule has 0 aromatic carbocycles. The van der Waals surface area contributed by atoms with Crippen LogP contribution in [-0.4, -0.2) is 36.0 Å². The van der Waals surface area contributed by atoms with Crippen LogP contribution >= 0.6 is 0 Å². The molecule has 1 aliphatic rings. The minimum absolute atomic E-state index is 0.0929. The maximum atomic E-state index is 12.9. The molecule has 1 saturated carbocycles. The van der Waals surface area contributed by atoms with Gasteiger partial charge in [-0.1, -0.05) is 24.9 Å². The first-order valence-corrected chi connectivity index (χ1v) is 10.0. The van der Waals surface area contributed by atoms with E-state index in [0.29, 0.717) is 35.2 Å². The van der Waals surface area contributed by atoms with E-state index < -0.39 is 5.54 Å². The number of amides is 1. The Morgan fingerprint density at radius 3 is 2.60 bits per heavy atom. The van der Waals surface area contributed by atoms with Gasteiger partial charge in [-0.05, 0) is 25.8 Å². The van der Waals surface area contributed by atoms with E-state index in [2.05, 4.69) is 35.4 Å². The standard InChI is InChI=1S/C20H23N7O3/c1-3-15-24-19(27-30-15)20(7-4-5-8-20)26-14(28)11-13-12(2)23-17(25-18(13)29)16-21-9-6-10-22-16/h6,9-10H,3-5,7-8,11H2,1-2H3,(H,26,28)(H,23,25,29). The summed E-state index contributed by atoms with van der Waals surface area (Å²) < 4.78 is 5.26. The molecule has 0 saturated heterocycles. The third-order valence-corrected chi connectivity index (χ3v) is 5.37. The van der Waals surface area contributed by atoms with Crippen molar-refractivity contribution in [3.63, 3.8) is 0 Å². The molecule has 4 rings (SSSR count). The molecule has 0 atom stereocenters. The van der Waals surface area contributed by atoms with E-state index in [1.54, 1.807) is 25.4 Å². The van der Waals surface area contributed by atoms with Gasteiger partial charge >= 0.3 is 0 Å². The van der Waals surface area contributed by atoms with Crippen molar-refractivity contribution in [1.29, 1.82) is 0 Å². The molecule has 3 heterocycles. The number of carbonyl (C=O) groups excluding carboxylic acids is 1. The van der Waals surface area contributed by atoms with Gasteiger partial charge in [0.1, 0.15) is 5.54 Å². The Kier molecular flexibility index (Phi) is 5.39. The van der Waals surface area contributed by atoms with E-state index in [1.807, 2.05) is 6.92 Å². The summed E-state index contributed by atoms with van der Waals surface area (Å²) in [6.07, 6.45) is 7.08. The summed E-state index contributed by atoms with van der Waals surface area (Å²) in [5, 5.41) is 7.15. The lowest BCUT2D eigenvalue weighted by Crippen LogP contribution is -2.45. The molecule has 0 aliphatic heterocycles. The first-order valence-electron chi connectivity index (χ1n) is 10.0. The van der Waals surface area contributed by atoms with Gasteiger partial charge in [0.25, 0.3) is 5.56 Å². The maximum absolute atomic E-state index is 12.9. The van der Waals surface area contributed by atoms with Crippen LogP contribution in [0.15, 0.2) is 27.8 Å². The van der Waals surface area contributed by atoms with Crippen molar-refractivity contribution in [2.45, 2.75) is 57.9 Å². The van der Waals surface area contributed by atoms with Crippen LogP contribution in [0.5, 0.6) is 0 Å². The predicted octanol–water partition coefficient (Wildman–Crippen LogP) is 1.61. The van der Waals surface area contributed by atoms with Crippen molar-refractivity contribution in [2.24, 2.45) is 0 Å². The average Bonchev–Trinajstić information content (AvgIpc) is 3.41. The van der Waals surface area contributed by atoms with Gasteiger partial charge in [0, 0.05) is 30.1 Å². The van der Waals surface area contributed by atoms with Gasteiger partial charge in [-0.15, -0.1) is 0 Å². The van der Waals surface area contributed by atoms with E-state index in [-0.39, 0.29) is 23.7 Å². The van der Waals surface area contributed by atoms with Crippen molar-refractivity contribution < 1.29 is 9.32 Å². The van der Waals surface area contributed by atoms with Crippen LogP contribution < -0.4 is 10.9 Å². The minimum Gasteiger partial charge on any atom is -0.343 e. The molecule has 0 spiro atoms.